The molecule has 0 spiro atoms. The van der Waals surface area contributed by atoms with E-state index in [1.54, 1.807) is 0 Å². The highest BCUT2D eigenvalue weighted by Gasteiger charge is 2.20. The van der Waals surface area contributed by atoms with E-state index in [4.69, 9.17) is 10.5 Å². The quantitative estimate of drug-likeness (QED) is 0.701. The second kappa shape index (κ2) is 8.27. The summed E-state index contributed by atoms with van der Waals surface area (Å²) in [6, 6.07) is 17.9. The fourth-order valence-electron chi connectivity index (χ4n) is 3.59. The lowest BCUT2D eigenvalue weighted by Gasteiger charge is -2.31. The van der Waals surface area contributed by atoms with E-state index in [1.807, 2.05) is 54.6 Å². The second-order valence-electron chi connectivity index (χ2n) is 7.17. The molecule has 3 N–H and O–H groups in total. The van der Waals surface area contributed by atoms with Crippen molar-refractivity contribution in [2.75, 3.05) is 31.2 Å². The van der Waals surface area contributed by atoms with Crippen molar-refractivity contribution >= 4 is 11.6 Å². The minimum atomic E-state index is 0.354. The first-order chi connectivity index (χ1) is 13.7. The average molecular weight is 375 g/mol. The van der Waals surface area contributed by atoms with Gasteiger partial charge in [0.1, 0.15) is 29.5 Å². The van der Waals surface area contributed by atoms with Crippen LogP contribution in [0.2, 0.25) is 0 Å². The van der Waals surface area contributed by atoms with Crippen molar-refractivity contribution in [2.24, 2.45) is 0 Å². The number of likely N-dealkylation sites (tertiary alicyclic amines) is 1. The molecule has 28 heavy (non-hydrogen) atoms. The number of para-hydroxylation sites is 1. The van der Waals surface area contributed by atoms with Crippen LogP contribution >= 0.6 is 0 Å². The van der Waals surface area contributed by atoms with Crippen LogP contribution in [0.4, 0.5) is 11.6 Å². The molecule has 0 bridgehead atoms. The highest BCUT2D eigenvalue weighted by molar-refractivity contribution is 5.83. The molecule has 144 valence electrons. The number of ether oxygens (including phenoxy) is 1. The second-order valence-corrected chi connectivity index (χ2v) is 7.17. The summed E-state index contributed by atoms with van der Waals surface area (Å²) < 4.78 is 5.88. The van der Waals surface area contributed by atoms with Gasteiger partial charge in [-0.3, -0.25) is 0 Å². The molecule has 0 amide bonds. The van der Waals surface area contributed by atoms with E-state index in [0.29, 0.717) is 11.9 Å². The van der Waals surface area contributed by atoms with E-state index in [0.717, 1.165) is 48.0 Å². The number of benzene rings is 2. The molecule has 1 fully saturated rings. The number of anilines is 2. The van der Waals surface area contributed by atoms with E-state index in [9.17, 15) is 0 Å². The molecule has 0 radical (unpaired) electrons. The molecule has 0 saturated carbocycles. The Kier molecular flexibility index (Phi) is 5.39. The van der Waals surface area contributed by atoms with Crippen LogP contribution in [0.25, 0.3) is 11.1 Å². The molecule has 4 rings (SSSR count). The zero-order chi connectivity index (χ0) is 19.3. The molecule has 1 aromatic heterocycles. The van der Waals surface area contributed by atoms with Gasteiger partial charge in [-0.2, -0.15) is 0 Å². The van der Waals surface area contributed by atoms with Gasteiger partial charge < -0.3 is 20.7 Å². The predicted octanol–water partition coefficient (Wildman–Crippen LogP) is 4.02. The van der Waals surface area contributed by atoms with Gasteiger partial charge in [-0.25, -0.2) is 9.97 Å². The molecule has 6 heteroatoms. The number of aromatic nitrogens is 2. The Hall–Kier alpha value is -3.12. The summed E-state index contributed by atoms with van der Waals surface area (Å²) in [5, 5.41) is 3.57. The first-order valence-electron chi connectivity index (χ1n) is 9.58. The third-order valence-electron chi connectivity index (χ3n) is 4.96. The maximum Gasteiger partial charge on any atom is 0.139 e. The van der Waals surface area contributed by atoms with E-state index < -0.39 is 0 Å². The van der Waals surface area contributed by atoms with Crippen LogP contribution in [-0.4, -0.2) is 41.0 Å². The minimum absolute atomic E-state index is 0.354. The van der Waals surface area contributed by atoms with E-state index in [1.165, 1.54) is 12.7 Å². The average Bonchev–Trinajstić information content (AvgIpc) is 2.70. The van der Waals surface area contributed by atoms with Gasteiger partial charge in [0.05, 0.1) is 5.56 Å². The van der Waals surface area contributed by atoms with Crippen LogP contribution in [0, 0.1) is 0 Å². The molecular formula is C22H25N5O. The molecule has 1 saturated heterocycles. The largest absolute Gasteiger partial charge is 0.457 e. The standard InChI is InChI=1S/C22H25N5O/c1-27-13-5-6-17(14-27)26-22-20(21(23)24-15-25-22)16-9-11-19(12-10-16)28-18-7-3-2-4-8-18/h2-4,7-12,15,17H,5-6,13-14H2,1H3,(H3,23,24,25,26). The Morgan fingerprint density at radius 1 is 1.04 bits per heavy atom. The number of rotatable bonds is 5. The summed E-state index contributed by atoms with van der Waals surface area (Å²) >= 11 is 0. The Bertz CT molecular complexity index is 914. The van der Waals surface area contributed by atoms with Gasteiger partial charge >= 0.3 is 0 Å². The first-order valence-corrected chi connectivity index (χ1v) is 9.58. The summed E-state index contributed by atoms with van der Waals surface area (Å²) in [5.74, 6) is 2.83. The van der Waals surface area contributed by atoms with Crippen molar-refractivity contribution in [1.82, 2.24) is 14.9 Å². The van der Waals surface area contributed by atoms with Crippen LogP contribution in [0.5, 0.6) is 11.5 Å². The van der Waals surface area contributed by atoms with Gasteiger partial charge in [-0.1, -0.05) is 30.3 Å². The third kappa shape index (κ3) is 4.23. The maximum absolute atomic E-state index is 6.21. The van der Waals surface area contributed by atoms with Crippen LogP contribution in [0.1, 0.15) is 12.8 Å². The normalized spacial score (nSPS) is 17.2. The molecule has 2 aromatic carbocycles. The van der Waals surface area contributed by atoms with E-state index >= 15 is 0 Å². The number of likely N-dealkylation sites (N-methyl/N-ethyl adjacent to an activating group) is 1. The molecule has 6 nitrogen and oxygen atoms in total. The predicted molar refractivity (Wildman–Crippen MR) is 113 cm³/mol. The van der Waals surface area contributed by atoms with Crippen molar-refractivity contribution in [3.05, 3.63) is 60.9 Å². The number of nitrogens with two attached hydrogens (primary N) is 1. The van der Waals surface area contributed by atoms with Gasteiger partial charge in [-0.15, -0.1) is 0 Å². The van der Waals surface area contributed by atoms with Crippen LogP contribution in [-0.2, 0) is 0 Å². The van der Waals surface area contributed by atoms with Gasteiger partial charge in [-0.05, 0) is 56.3 Å². The molecule has 3 aromatic rings. The monoisotopic (exact) mass is 375 g/mol. The van der Waals surface area contributed by atoms with Crippen molar-refractivity contribution in [1.29, 1.82) is 0 Å². The number of piperidine rings is 1. The molecule has 1 aliphatic heterocycles. The molecule has 1 aliphatic rings. The van der Waals surface area contributed by atoms with E-state index in [2.05, 4.69) is 27.2 Å². The highest BCUT2D eigenvalue weighted by Crippen LogP contribution is 2.33. The van der Waals surface area contributed by atoms with Gasteiger partial charge in [0.15, 0.2) is 0 Å². The molecule has 1 unspecified atom stereocenters. The molecule has 2 heterocycles. The van der Waals surface area contributed by atoms with Gasteiger partial charge in [0, 0.05) is 12.6 Å². The summed E-state index contributed by atoms with van der Waals surface area (Å²) in [6.07, 6.45) is 3.81. The summed E-state index contributed by atoms with van der Waals surface area (Å²) in [4.78, 5) is 11.0. The van der Waals surface area contributed by atoms with Crippen molar-refractivity contribution < 1.29 is 4.74 Å². The third-order valence-corrected chi connectivity index (χ3v) is 4.96. The van der Waals surface area contributed by atoms with Crippen molar-refractivity contribution in [3.8, 4) is 22.6 Å². The zero-order valence-electron chi connectivity index (χ0n) is 16.0. The topological polar surface area (TPSA) is 76.3 Å². The molecule has 0 aliphatic carbocycles. The summed E-state index contributed by atoms with van der Waals surface area (Å²) in [5.41, 5.74) is 8.01. The van der Waals surface area contributed by atoms with Gasteiger partial charge in [0.25, 0.3) is 0 Å². The lowest BCUT2D eigenvalue weighted by atomic mass is 10.0. The lowest BCUT2D eigenvalue weighted by molar-refractivity contribution is 0.261. The van der Waals surface area contributed by atoms with Crippen molar-refractivity contribution in [3.63, 3.8) is 0 Å². The number of hydrogen-bond acceptors (Lipinski definition) is 6. The van der Waals surface area contributed by atoms with Crippen LogP contribution in [0.15, 0.2) is 60.9 Å². The van der Waals surface area contributed by atoms with Crippen LogP contribution < -0.4 is 15.8 Å². The first kappa shape index (κ1) is 18.3. The maximum atomic E-state index is 6.21. The fourth-order valence-corrected chi connectivity index (χ4v) is 3.59. The SMILES string of the molecule is CN1CCCC(Nc2ncnc(N)c2-c2ccc(Oc3ccccc3)cc2)C1. The number of nitrogen functional groups attached to an aromatic ring is 1. The minimum Gasteiger partial charge on any atom is -0.457 e. The smallest absolute Gasteiger partial charge is 0.139 e. The molecular weight excluding hydrogens is 350 g/mol. The number of nitrogens with zero attached hydrogens (tertiary/aromatic N) is 3. The van der Waals surface area contributed by atoms with Crippen LogP contribution in [0.3, 0.4) is 0 Å². The number of hydrogen-bond donors (Lipinski definition) is 2. The van der Waals surface area contributed by atoms with Crippen molar-refractivity contribution in [2.45, 2.75) is 18.9 Å². The fraction of sp³-hybridized carbons (Fsp3) is 0.273. The number of nitrogens with one attached hydrogen (secondary N) is 1. The Labute approximate surface area is 165 Å². The zero-order valence-corrected chi connectivity index (χ0v) is 16.0. The Morgan fingerprint density at radius 3 is 2.54 bits per heavy atom. The summed E-state index contributed by atoms with van der Waals surface area (Å²) in [6.45, 7) is 2.13. The van der Waals surface area contributed by atoms with E-state index in [-0.39, 0.29) is 0 Å². The molecule has 1 atom stereocenters. The lowest BCUT2D eigenvalue weighted by Crippen LogP contribution is -2.40. The van der Waals surface area contributed by atoms with Gasteiger partial charge in [0.2, 0.25) is 0 Å². The summed E-state index contributed by atoms with van der Waals surface area (Å²) in [7, 11) is 2.15. The highest BCUT2D eigenvalue weighted by atomic mass is 16.5. The Balaban J connectivity index is 1.56. The Morgan fingerprint density at radius 2 is 1.79 bits per heavy atom.